The lowest BCUT2D eigenvalue weighted by molar-refractivity contribution is -0.138. The van der Waals surface area contributed by atoms with Crippen molar-refractivity contribution in [3.05, 3.63) is 40.0 Å². The zero-order valence-corrected chi connectivity index (χ0v) is 20.0. The van der Waals surface area contributed by atoms with E-state index in [9.17, 15) is 4.79 Å². The van der Waals surface area contributed by atoms with E-state index in [-0.39, 0.29) is 5.78 Å². The van der Waals surface area contributed by atoms with Crippen molar-refractivity contribution in [3.8, 4) is 17.0 Å². The number of fused-ring (bicyclic) bond motifs is 3. The van der Waals surface area contributed by atoms with Crippen LogP contribution in [0.5, 0.6) is 5.88 Å². The predicted molar refractivity (Wildman–Crippen MR) is 125 cm³/mol. The SMILES string of the molecule is COc1ccc(-c2c(C(OC(C)(C)C)C(C)=O)c(C)nc3sc4c(c23)CCCC4)cn1. The molecule has 31 heavy (non-hydrogen) atoms. The number of carbonyl (C=O) groups is 1. The highest BCUT2D eigenvalue weighted by Gasteiger charge is 2.32. The summed E-state index contributed by atoms with van der Waals surface area (Å²) in [5.41, 5.74) is 4.59. The molecule has 0 saturated carbocycles. The summed E-state index contributed by atoms with van der Waals surface area (Å²) in [4.78, 5) is 24.7. The fourth-order valence-corrected chi connectivity index (χ4v) is 5.70. The number of hydrogen-bond donors (Lipinski definition) is 0. The molecule has 5 nitrogen and oxygen atoms in total. The number of ketones is 1. The number of carbonyl (C=O) groups excluding carboxylic acids is 1. The van der Waals surface area contributed by atoms with Crippen molar-refractivity contribution in [2.45, 2.75) is 72.0 Å². The average molecular weight is 439 g/mol. The van der Waals surface area contributed by atoms with E-state index >= 15 is 0 Å². The van der Waals surface area contributed by atoms with Gasteiger partial charge in [-0.3, -0.25) is 4.79 Å². The molecule has 0 radical (unpaired) electrons. The molecule has 6 heteroatoms. The van der Waals surface area contributed by atoms with Crippen molar-refractivity contribution in [3.63, 3.8) is 0 Å². The molecule has 3 heterocycles. The number of ether oxygens (including phenoxy) is 2. The highest BCUT2D eigenvalue weighted by Crippen LogP contribution is 2.45. The Hall–Kier alpha value is -2.31. The first-order valence-electron chi connectivity index (χ1n) is 10.8. The van der Waals surface area contributed by atoms with Crippen LogP contribution in [0.2, 0.25) is 0 Å². The maximum Gasteiger partial charge on any atom is 0.212 e. The minimum atomic E-state index is -0.687. The molecule has 0 amide bonds. The minimum absolute atomic E-state index is 0.0222. The van der Waals surface area contributed by atoms with E-state index in [2.05, 4.69) is 4.98 Å². The van der Waals surface area contributed by atoms with Crippen molar-refractivity contribution in [2.75, 3.05) is 7.11 Å². The normalized spacial score (nSPS) is 15.0. The summed E-state index contributed by atoms with van der Waals surface area (Å²) >= 11 is 1.79. The van der Waals surface area contributed by atoms with Crippen molar-refractivity contribution >= 4 is 27.3 Å². The standard InChI is InChI=1S/C25H30N2O3S/c1-14-20(23(15(2)28)30-25(3,4)5)21(16-11-12-19(29-6)26-13-16)22-17-9-7-8-10-18(17)31-24(22)27-14/h11-13,23H,7-10H2,1-6H3. The molecule has 0 saturated heterocycles. The van der Waals surface area contributed by atoms with E-state index in [0.29, 0.717) is 5.88 Å². The highest BCUT2D eigenvalue weighted by molar-refractivity contribution is 7.19. The van der Waals surface area contributed by atoms with Crippen molar-refractivity contribution in [1.29, 1.82) is 0 Å². The summed E-state index contributed by atoms with van der Waals surface area (Å²) in [6.45, 7) is 9.51. The lowest BCUT2D eigenvalue weighted by Crippen LogP contribution is -2.27. The number of aryl methyl sites for hydroxylation is 3. The molecule has 3 aromatic rings. The zero-order chi connectivity index (χ0) is 22.3. The number of Topliss-reactive ketones (excluding diaryl/α,β-unsaturated/α-hetero) is 1. The Kier molecular flexibility index (Phi) is 5.88. The summed E-state index contributed by atoms with van der Waals surface area (Å²) < 4.78 is 11.6. The van der Waals surface area contributed by atoms with Gasteiger partial charge in [-0.05, 0) is 71.9 Å². The van der Waals surface area contributed by atoms with Crippen LogP contribution in [0.1, 0.15) is 68.3 Å². The Balaban J connectivity index is 2.06. The van der Waals surface area contributed by atoms with Crippen LogP contribution in [0.15, 0.2) is 18.3 Å². The van der Waals surface area contributed by atoms with Crippen molar-refractivity contribution < 1.29 is 14.3 Å². The van der Waals surface area contributed by atoms with Gasteiger partial charge in [-0.1, -0.05) is 0 Å². The van der Waals surface area contributed by atoms with Crippen LogP contribution in [-0.4, -0.2) is 28.5 Å². The van der Waals surface area contributed by atoms with Gasteiger partial charge in [-0.25, -0.2) is 9.97 Å². The molecule has 1 aliphatic carbocycles. The lowest BCUT2D eigenvalue weighted by atomic mass is 9.87. The molecule has 1 aliphatic rings. The van der Waals surface area contributed by atoms with Crippen LogP contribution in [0.3, 0.4) is 0 Å². The summed E-state index contributed by atoms with van der Waals surface area (Å²) in [5.74, 6) is 0.541. The minimum Gasteiger partial charge on any atom is -0.481 e. The maximum absolute atomic E-state index is 12.8. The molecule has 0 aromatic carbocycles. The van der Waals surface area contributed by atoms with E-state index in [4.69, 9.17) is 14.5 Å². The van der Waals surface area contributed by atoms with Gasteiger partial charge in [-0.15, -0.1) is 11.3 Å². The van der Waals surface area contributed by atoms with Crippen LogP contribution in [0, 0.1) is 6.92 Å². The summed E-state index contributed by atoms with van der Waals surface area (Å²) in [5, 5.41) is 1.16. The first-order valence-corrected chi connectivity index (χ1v) is 11.6. The topological polar surface area (TPSA) is 61.3 Å². The van der Waals surface area contributed by atoms with E-state index in [1.807, 2.05) is 46.0 Å². The van der Waals surface area contributed by atoms with Gasteiger partial charge in [0.2, 0.25) is 5.88 Å². The fraction of sp³-hybridized carbons (Fsp3) is 0.480. The number of thiophene rings is 1. The molecule has 3 aromatic heterocycles. The predicted octanol–water partition coefficient (Wildman–Crippen LogP) is 6.00. The van der Waals surface area contributed by atoms with Gasteiger partial charge in [0.25, 0.3) is 0 Å². The van der Waals surface area contributed by atoms with Crippen LogP contribution in [0.25, 0.3) is 21.3 Å². The molecular weight excluding hydrogens is 408 g/mol. The third-order valence-electron chi connectivity index (χ3n) is 5.67. The first-order chi connectivity index (χ1) is 14.7. The monoisotopic (exact) mass is 438 g/mol. The third kappa shape index (κ3) is 4.23. The second-order valence-electron chi connectivity index (χ2n) is 9.19. The van der Waals surface area contributed by atoms with E-state index < -0.39 is 11.7 Å². The van der Waals surface area contributed by atoms with E-state index in [0.717, 1.165) is 45.4 Å². The third-order valence-corrected chi connectivity index (χ3v) is 6.85. The first kappa shape index (κ1) is 21.9. The second kappa shape index (κ2) is 8.32. The number of hydrogen-bond acceptors (Lipinski definition) is 6. The highest BCUT2D eigenvalue weighted by atomic mass is 32.1. The summed E-state index contributed by atoms with van der Waals surface area (Å²) in [7, 11) is 1.61. The van der Waals surface area contributed by atoms with Gasteiger partial charge in [0.1, 0.15) is 10.9 Å². The molecule has 0 N–H and O–H groups in total. The molecule has 1 unspecified atom stereocenters. The van der Waals surface area contributed by atoms with Gasteiger partial charge in [0.05, 0.1) is 12.7 Å². The Bertz CT molecular complexity index is 1130. The Morgan fingerprint density at radius 2 is 1.94 bits per heavy atom. The van der Waals surface area contributed by atoms with Crippen LogP contribution in [-0.2, 0) is 22.4 Å². The number of aromatic nitrogens is 2. The molecule has 0 aliphatic heterocycles. The molecule has 164 valence electrons. The smallest absolute Gasteiger partial charge is 0.212 e. The van der Waals surface area contributed by atoms with Crippen LogP contribution in [0.4, 0.5) is 0 Å². The van der Waals surface area contributed by atoms with Crippen molar-refractivity contribution in [1.82, 2.24) is 9.97 Å². The van der Waals surface area contributed by atoms with Gasteiger partial charge >= 0.3 is 0 Å². The molecule has 1 atom stereocenters. The molecule has 0 fully saturated rings. The quantitative estimate of drug-likeness (QED) is 0.489. The molecule has 0 spiro atoms. The van der Waals surface area contributed by atoms with Crippen LogP contribution < -0.4 is 4.74 Å². The number of methoxy groups -OCH3 is 1. The number of nitrogens with zero attached hydrogens (tertiary/aromatic N) is 2. The van der Waals surface area contributed by atoms with Gasteiger partial charge < -0.3 is 9.47 Å². The van der Waals surface area contributed by atoms with Gasteiger partial charge in [-0.2, -0.15) is 0 Å². The fourth-order valence-electron chi connectivity index (χ4n) is 4.38. The van der Waals surface area contributed by atoms with Crippen molar-refractivity contribution in [2.24, 2.45) is 0 Å². The van der Waals surface area contributed by atoms with E-state index in [1.54, 1.807) is 25.4 Å². The Morgan fingerprint density at radius 1 is 1.19 bits per heavy atom. The number of rotatable bonds is 5. The molecular formula is C25H30N2O3S. The van der Waals surface area contributed by atoms with E-state index in [1.165, 1.54) is 23.3 Å². The van der Waals surface area contributed by atoms with Gasteiger partial charge in [0, 0.05) is 44.9 Å². The molecule has 4 rings (SSSR count). The second-order valence-corrected chi connectivity index (χ2v) is 10.3. The zero-order valence-electron chi connectivity index (χ0n) is 19.2. The van der Waals surface area contributed by atoms with Crippen LogP contribution >= 0.6 is 11.3 Å². The Labute approximate surface area is 187 Å². The lowest BCUT2D eigenvalue weighted by Gasteiger charge is -2.29. The molecule has 0 bridgehead atoms. The average Bonchev–Trinajstić information content (AvgIpc) is 3.08. The van der Waals surface area contributed by atoms with Gasteiger partial charge in [0.15, 0.2) is 5.78 Å². The Morgan fingerprint density at radius 3 is 2.55 bits per heavy atom. The largest absolute Gasteiger partial charge is 0.481 e. The summed E-state index contributed by atoms with van der Waals surface area (Å²) in [6, 6.07) is 3.89. The maximum atomic E-state index is 12.8. The summed E-state index contributed by atoms with van der Waals surface area (Å²) in [6.07, 6.45) is 5.68. The number of pyridine rings is 2.